The largest absolute Gasteiger partial charge is 0.102 e. The van der Waals surface area contributed by atoms with Crippen LogP contribution in [0.25, 0.3) is 0 Å². The molecule has 0 fully saturated rings. The standard InChI is InChI=1S/CH29P25/c2-19(3)16(20(4)5)1(17(21(6)7)22(8)9)18(23(10)11)26(24(12)13)25(14)15/h1H,2-15H2. The molecular formula is CH29P25. The normalized spacial score (nSPS) is 15.1. The Hall–Kier alpha value is 10.7. The van der Waals surface area contributed by atoms with Gasteiger partial charge in [0, 0.05) is 5.14 Å². The Labute approximate surface area is 206 Å². The van der Waals surface area contributed by atoms with E-state index >= 15 is 0 Å². The van der Waals surface area contributed by atoms with E-state index in [9.17, 15) is 0 Å². The summed E-state index contributed by atoms with van der Waals surface area (Å²) < 4.78 is 0. The van der Waals surface area contributed by atoms with Gasteiger partial charge in [0.2, 0.25) is 0 Å². The fourth-order valence-electron chi connectivity index (χ4n) is 1.63. The average molecular weight is 816 g/mol. The van der Waals surface area contributed by atoms with Crippen LogP contribution in [0, 0.1) is 0 Å². The molecule has 15 unspecified atom stereocenters. The van der Waals surface area contributed by atoms with Crippen molar-refractivity contribution in [3.05, 3.63) is 0 Å². The van der Waals surface area contributed by atoms with Crippen molar-refractivity contribution in [3.8, 4) is 0 Å². The SMILES string of the molecule is PP(P)P(C(P(P(P)P)P(P)P)P(P(P)P)P(P(P)P)P(P)P)P(P)P. The molecule has 0 aliphatic carbocycles. The molecule has 158 valence electrons. The van der Waals surface area contributed by atoms with Gasteiger partial charge in [-0.15, -0.1) is 125 Å². The summed E-state index contributed by atoms with van der Waals surface area (Å²) in [7, 11) is 45.2. The summed E-state index contributed by atoms with van der Waals surface area (Å²) in [5.74, 6) is 0. The molecule has 0 nitrogen and oxygen atoms in total. The van der Waals surface area contributed by atoms with E-state index in [1.807, 2.05) is 0 Å². The maximum absolute atomic E-state index is 3.27. The minimum absolute atomic E-state index is 0.00745. The van der Waals surface area contributed by atoms with Crippen LogP contribution in [0.5, 0.6) is 0 Å². The predicted molar refractivity (Wildman–Crippen MR) is 216 cm³/mol. The van der Waals surface area contributed by atoms with E-state index in [0.29, 0.717) is 0 Å². The van der Waals surface area contributed by atoms with Gasteiger partial charge in [-0.3, -0.25) is 0 Å². The fourth-order valence-corrected chi connectivity index (χ4v) is 220. The van der Waals surface area contributed by atoms with Gasteiger partial charge in [-0.25, -0.2) is 0 Å². The molecule has 0 aliphatic rings. The molecule has 0 heterocycles. The number of hydrogen-bond donors (Lipinski definition) is 0. The maximum Gasteiger partial charge on any atom is 0.0462 e. The number of hydrogen-bond acceptors (Lipinski definition) is 0. The van der Waals surface area contributed by atoms with Crippen LogP contribution >= 0.6 is 203 Å². The van der Waals surface area contributed by atoms with Gasteiger partial charge >= 0.3 is 0 Å². The lowest BCUT2D eigenvalue weighted by Gasteiger charge is -2.50. The van der Waals surface area contributed by atoms with Crippen LogP contribution in [-0.4, -0.2) is 5.14 Å². The molecule has 0 aliphatic heterocycles. The third-order valence-corrected chi connectivity index (χ3v) is 119. The van der Waals surface area contributed by atoms with Gasteiger partial charge < -0.3 is 0 Å². The zero-order valence-electron chi connectivity index (χ0n) is 13.6. The van der Waals surface area contributed by atoms with E-state index < -0.39 is 0 Å². The summed E-state index contributed by atoms with van der Waals surface area (Å²) in [6.45, 7) is -0.306. The van der Waals surface area contributed by atoms with E-state index in [1.54, 1.807) is 0 Å². The second-order valence-corrected chi connectivity index (χ2v) is 95.7. The Morgan fingerprint density at radius 2 is 0.538 bits per heavy atom. The lowest BCUT2D eigenvalue weighted by Crippen LogP contribution is -1.90. The van der Waals surface area contributed by atoms with E-state index in [0.717, 1.165) is 5.14 Å². The second kappa shape index (κ2) is 19.8. The minimum atomic E-state index is -0.0657. The molecular weight excluding hydrogens is 786 g/mol. The summed E-state index contributed by atoms with van der Waals surface area (Å²) in [5.41, 5.74) is 0. The Kier molecular flexibility index (Phi) is 27.9. The predicted octanol–water partition coefficient (Wildman–Crippen LogP) is 14.0. The van der Waals surface area contributed by atoms with Crippen molar-refractivity contribution < 1.29 is 0 Å². The topological polar surface area (TPSA) is 0 Å². The zero-order valence-corrected chi connectivity index (χ0v) is 39.6. The van der Waals surface area contributed by atoms with Crippen LogP contribution in [-0.2, 0) is 0 Å². The molecule has 26 heavy (non-hydrogen) atoms. The van der Waals surface area contributed by atoms with Crippen molar-refractivity contribution in [3.63, 3.8) is 0 Å². The van der Waals surface area contributed by atoms with Crippen molar-refractivity contribution in [1.82, 2.24) is 0 Å². The average Bonchev–Trinajstić information content (AvgIpc) is 2.40. The molecule has 15 atom stereocenters. The first-order valence-electron chi connectivity index (χ1n) is 5.99. The quantitative estimate of drug-likeness (QED) is 0.182. The molecule has 0 aromatic heterocycles. The Balaban J connectivity index is 6.53. The van der Waals surface area contributed by atoms with Gasteiger partial charge in [0.15, 0.2) is 0 Å². The van der Waals surface area contributed by atoms with Crippen LogP contribution < -0.4 is 0 Å². The molecule has 25 heteroatoms. The van der Waals surface area contributed by atoms with Crippen molar-refractivity contribution in [2.75, 3.05) is 0 Å². The van der Waals surface area contributed by atoms with Gasteiger partial charge in [0.05, 0.1) is 0 Å². The van der Waals surface area contributed by atoms with Crippen molar-refractivity contribution in [2.45, 2.75) is 5.14 Å². The van der Waals surface area contributed by atoms with Crippen LogP contribution in [0.4, 0.5) is 0 Å². The van der Waals surface area contributed by atoms with Crippen molar-refractivity contribution in [2.24, 2.45) is 0 Å². The Morgan fingerprint density at radius 3 is 0.692 bits per heavy atom. The summed E-state index contributed by atoms with van der Waals surface area (Å²) >= 11 is 0. The zero-order chi connectivity index (χ0) is 20.9. The maximum atomic E-state index is 3.27. The lowest BCUT2D eigenvalue weighted by molar-refractivity contribution is 2.05. The highest BCUT2D eigenvalue weighted by Crippen LogP contribution is 3.23. The molecule has 0 saturated carbocycles. The van der Waals surface area contributed by atoms with Crippen molar-refractivity contribution >= 4 is 203 Å². The molecule has 0 amide bonds. The van der Waals surface area contributed by atoms with Crippen molar-refractivity contribution in [1.29, 1.82) is 0 Å². The third-order valence-electron chi connectivity index (χ3n) is 2.40. The van der Waals surface area contributed by atoms with Gasteiger partial charge in [-0.05, 0) is 77.8 Å². The molecule has 0 spiro atoms. The summed E-state index contributed by atoms with van der Waals surface area (Å²) in [6.07, 6.45) is 0. The van der Waals surface area contributed by atoms with Crippen LogP contribution in [0.3, 0.4) is 0 Å². The van der Waals surface area contributed by atoms with Crippen LogP contribution in [0.1, 0.15) is 0 Å². The fraction of sp³-hybridized carbons (Fsp3) is 1.00. The first-order valence-corrected chi connectivity index (χ1v) is 49.3. The number of rotatable bonds is 11. The van der Waals surface area contributed by atoms with Gasteiger partial charge in [-0.2, -0.15) is 0 Å². The monoisotopic (exact) mass is 816 g/mol. The summed E-state index contributed by atoms with van der Waals surface area (Å²) in [5, 5.41) is 0.948. The van der Waals surface area contributed by atoms with Gasteiger partial charge in [0.25, 0.3) is 0 Å². The highest BCUT2D eigenvalue weighted by Gasteiger charge is 2.47. The van der Waals surface area contributed by atoms with Gasteiger partial charge in [0.1, 0.15) is 0 Å². The minimum Gasteiger partial charge on any atom is -0.102 e. The molecule has 0 aromatic rings. The molecule has 0 N–H and O–H groups in total. The van der Waals surface area contributed by atoms with Crippen LogP contribution in [0.2, 0.25) is 0 Å². The van der Waals surface area contributed by atoms with E-state index in [-0.39, 0.29) is 77.8 Å². The third kappa shape index (κ3) is 13.2. The highest BCUT2D eigenvalue weighted by atomic mass is 33.2. The van der Waals surface area contributed by atoms with E-state index in [2.05, 4.69) is 125 Å². The second-order valence-electron chi connectivity index (χ2n) is 4.24. The Morgan fingerprint density at radius 1 is 0.308 bits per heavy atom. The Bertz CT molecular complexity index is 320. The summed E-state index contributed by atoms with van der Waals surface area (Å²) in [4.78, 5) is 0. The molecule has 0 rings (SSSR count). The summed E-state index contributed by atoms with van der Waals surface area (Å²) in [6, 6.07) is 0. The molecule has 0 aromatic carbocycles. The highest BCUT2D eigenvalue weighted by molar-refractivity contribution is 9.19. The van der Waals surface area contributed by atoms with Gasteiger partial charge in [-0.1, -0.05) is 0 Å². The molecule has 0 saturated heterocycles. The van der Waals surface area contributed by atoms with Crippen LogP contribution in [0.15, 0.2) is 0 Å². The lowest BCUT2D eigenvalue weighted by atomic mass is 11.9. The first kappa shape index (κ1) is 36.8. The first-order chi connectivity index (χ1) is 11.7. The molecule has 0 radical (unpaired) electrons. The molecule has 0 bridgehead atoms. The smallest absolute Gasteiger partial charge is 0.0462 e. The van der Waals surface area contributed by atoms with E-state index in [1.165, 1.54) is 0 Å². The van der Waals surface area contributed by atoms with E-state index in [4.69, 9.17) is 0 Å².